The summed E-state index contributed by atoms with van der Waals surface area (Å²) in [5.74, 6) is -0.226. The van der Waals surface area contributed by atoms with Gasteiger partial charge in [0.15, 0.2) is 0 Å². The Morgan fingerprint density at radius 3 is 2.68 bits per heavy atom. The molecule has 5 heteroatoms. The van der Waals surface area contributed by atoms with Crippen LogP contribution in [0, 0.1) is 0 Å². The average molecular weight is 285 g/mol. The van der Waals surface area contributed by atoms with Crippen LogP contribution < -0.4 is 11.1 Å². The first kappa shape index (κ1) is 15.8. The number of nitrogens with one attached hydrogen (secondary N) is 1. The fourth-order valence-corrected chi connectivity index (χ4v) is 1.68. The van der Waals surface area contributed by atoms with Crippen molar-refractivity contribution in [3.05, 3.63) is 23.2 Å². The molecule has 0 aliphatic heterocycles. The first-order valence-corrected chi connectivity index (χ1v) is 6.66. The molecule has 0 aromatic heterocycles. The fourth-order valence-electron chi connectivity index (χ4n) is 1.50. The Hall–Kier alpha value is -1.26. The summed E-state index contributed by atoms with van der Waals surface area (Å²) in [4.78, 5) is 12.0. The van der Waals surface area contributed by atoms with E-state index in [0.29, 0.717) is 16.4 Å². The maximum absolute atomic E-state index is 12.0. The van der Waals surface area contributed by atoms with Crippen molar-refractivity contribution in [2.75, 3.05) is 11.1 Å². The number of ether oxygens (including phenoxy) is 1. The number of benzene rings is 1. The Morgan fingerprint density at radius 2 is 2.16 bits per heavy atom. The first-order chi connectivity index (χ1) is 8.75. The van der Waals surface area contributed by atoms with E-state index in [2.05, 4.69) is 5.32 Å². The van der Waals surface area contributed by atoms with Gasteiger partial charge in [0.2, 0.25) is 0 Å². The van der Waals surface area contributed by atoms with E-state index < -0.39 is 6.10 Å². The minimum absolute atomic E-state index is 0.226. The molecule has 19 heavy (non-hydrogen) atoms. The second-order valence-electron chi connectivity index (χ2n) is 5.09. The van der Waals surface area contributed by atoms with Crippen molar-refractivity contribution in [1.82, 2.24) is 0 Å². The van der Waals surface area contributed by atoms with Crippen LogP contribution in [0.2, 0.25) is 5.02 Å². The van der Waals surface area contributed by atoms with Crippen molar-refractivity contribution in [1.29, 1.82) is 0 Å². The molecule has 0 aliphatic carbocycles. The summed E-state index contributed by atoms with van der Waals surface area (Å²) < 4.78 is 5.71. The molecule has 1 unspecified atom stereocenters. The van der Waals surface area contributed by atoms with Crippen LogP contribution in [-0.2, 0) is 9.53 Å². The molecule has 0 heterocycles. The Bertz CT molecular complexity index is 461. The monoisotopic (exact) mass is 284 g/mol. The van der Waals surface area contributed by atoms with E-state index in [1.165, 1.54) is 0 Å². The normalized spacial score (nSPS) is 13.1. The van der Waals surface area contributed by atoms with Crippen molar-refractivity contribution >= 4 is 28.9 Å². The maximum atomic E-state index is 12.0. The molecular formula is C14H21ClN2O2. The van der Waals surface area contributed by atoms with Crippen LogP contribution in [0.5, 0.6) is 0 Å². The topological polar surface area (TPSA) is 64.3 Å². The third-order valence-electron chi connectivity index (χ3n) is 2.99. The molecule has 1 atom stereocenters. The molecule has 0 radical (unpaired) electrons. The Morgan fingerprint density at radius 1 is 1.53 bits per heavy atom. The molecule has 1 aromatic carbocycles. The van der Waals surface area contributed by atoms with E-state index in [9.17, 15) is 4.79 Å². The van der Waals surface area contributed by atoms with E-state index in [-0.39, 0.29) is 11.5 Å². The van der Waals surface area contributed by atoms with E-state index in [1.54, 1.807) is 25.1 Å². The van der Waals surface area contributed by atoms with Crippen LogP contribution in [0.25, 0.3) is 0 Å². The summed E-state index contributed by atoms with van der Waals surface area (Å²) in [5.41, 5.74) is 6.43. The molecule has 1 rings (SSSR count). The number of nitrogen functional groups attached to an aromatic ring is 1. The lowest BCUT2D eigenvalue weighted by Gasteiger charge is -2.27. The number of hydrogen-bond acceptors (Lipinski definition) is 3. The maximum Gasteiger partial charge on any atom is 0.253 e. The number of hydrogen-bond donors (Lipinski definition) is 2. The summed E-state index contributed by atoms with van der Waals surface area (Å²) in [7, 11) is 0. The summed E-state index contributed by atoms with van der Waals surface area (Å²) in [5, 5.41) is 3.27. The Labute approximate surface area is 119 Å². The number of rotatable bonds is 5. The van der Waals surface area contributed by atoms with Gasteiger partial charge in [0, 0.05) is 5.02 Å². The molecule has 0 fully saturated rings. The standard InChI is InChI=1S/C14H21ClN2O2/c1-5-14(3,4)19-9(2)13(18)17-12-7-6-10(15)8-11(12)16/h6-9H,5,16H2,1-4H3,(H,17,18). The lowest BCUT2D eigenvalue weighted by atomic mass is 10.1. The highest BCUT2D eigenvalue weighted by molar-refractivity contribution is 6.31. The SMILES string of the molecule is CCC(C)(C)OC(C)C(=O)Nc1ccc(Cl)cc1N. The molecule has 0 saturated carbocycles. The molecule has 0 saturated heterocycles. The zero-order valence-electron chi connectivity index (χ0n) is 11.8. The van der Waals surface area contributed by atoms with Gasteiger partial charge in [-0.15, -0.1) is 0 Å². The molecule has 1 aromatic rings. The molecule has 3 N–H and O–H groups in total. The lowest BCUT2D eigenvalue weighted by Crippen LogP contribution is -2.36. The van der Waals surface area contributed by atoms with Crippen molar-refractivity contribution < 1.29 is 9.53 Å². The number of nitrogens with two attached hydrogens (primary N) is 1. The van der Waals surface area contributed by atoms with Crippen molar-refractivity contribution in [3.8, 4) is 0 Å². The zero-order chi connectivity index (χ0) is 14.6. The smallest absolute Gasteiger partial charge is 0.253 e. The highest BCUT2D eigenvalue weighted by Crippen LogP contribution is 2.23. The minimum atomic E-state index is -0.551. The summed E-state index contributed by atoms with van der Waals surface area (Å²) in [6.07, 6.45) is 0.276. The fraction of sp³-hybridized carbons (Fsp3) is 0.500. The van der Waals surface area contributed by atoms with Crippen molar-refractivity contribution in [2.45, 2.75) is 45.8 Å². The van der Waals surface area contributed by atoms with Crippen LogP contribution >= 0.6 is 11.6 Å². The lowest BCUT2D eigenvalue weighted by molar-refractivity contribution is -0.137. The van der Waals surface area contributed by atoms with Crippen LogP contribution in [-0.4, -0.2) is 17.6 Å². The third-order valence-corrected chi connectivity index (χ3v) is 3.22. The van der Waals surface area contributed by atoms with Crippen LogP contribution in [0.4, 0.5) is 11.4 Å². The zero-order valence-corrected chi connectivity index (χ0v) is 12.5. The van der Waals surface area contributed by atoms with E-state index in [4.69, 9.17) is 22.1 Å². The van der Waals surface area contributed by atoms with Gasteiger partial charge in [-0.25, -0.2) is 0 Å². The van der Waals surface area contributed by atoms with Crippen molar-refractivity contribution in [3.63, 3.8) is 0 Å². The molecule has 106 valence electrons. The van der Waals surface area contributed by atoms with Crippen molar-refractivity contribution in [2.24, 2.45) is 0 Å². The van der Waals surface area contributed by atoms with E-state index in [1.807, 2.05) is 20.8 Å². The Balaban J connectivity index is 2.69. The molecular weight excluding hydrogens is 264 g/mol. The highest BCUT2D eigenvalue weighted by Gasteiger charge is 2.24. The average Bonchev–Trinajstić information content (AvgIpc) is 2.32. The number of halogens is 1. The molecule has 0 aliphatic rings. The van der Waals surface area contributed by atoms with Crippen LogP contribution in [0.1, 0.15) is 34.1 Å². The second kappa shape index (κ2) is 6.26. The summed E-state index contributed by atoms with van der Waals surface area (Å²) >= 11 is 5.80. The van der Waals surface area contributed by atoms with Gasteiger partial charge in [0.25, 0.3) is 5.91 Å². The quantitative estimate of drug-likeness (QED) is 0.814. The van der Waals surface area contributed by atoms with Gasteiger partial charge in [-0.1, -0.05) is 18.5 Å². The number of carbonyl (C=O) groups excluding carboxylic acids is 1. The predicted molar refractivity (Wildman–Crippen MR) is 79.4 cm³/mol. The summed E-state index contributed by atoms with van der Waals surface area (Å²) in [6, 6.07) is 4.95. The number of carbonyl (C=O) groups is 1. The first-order valence-electron chi connectivity index (χ1n) is 6.29. The highest BCUT2D eigenvalue weighted by atomic mass is 35.5. The Kier molecular flexibility index (Phi) is 5.20. The van der Waals surface area contributed by atoms with Gasteiger partial charge in [-0.2, -0.15) is 0 Å². The van der Waals surface area contributed by atoms with Gasteiger partial charge in [-0.05, 0) is 45.4 Å². The number of amides is 1. The van der Waals surface area contributed by atoms with E-state index in [0.717, 1.165) is 6.42 Å². The van der Waals surface area contributed by atoms with Gasteiger partial charge in [0.1, 0.15) is 6.10 Å². The molecule has 4 nitrogen and oxygen atoms in total. The van der Waals surface area contributed by atoms with Gasteiger partial charge >= 0.3 is 0 Å². The largest absolute Gasteiger partial charge is 0.397 e. The molecule has 0 bridgehead atoms. The summed E-state index contributed by atoms with van der Waals surface area (Å²) in [6.45, 7) is 7.64. The van der Waals surface area contributed by atoms with E-state index >= 15 is 0 Å². The van der Waals surface area contributed by atoms with Gasteiger partial charge in [-0.3, -0.25) is 4.79 Å². The third kappa shape index (κ3) is 4.73. The van der Waals surface area contributed by atoms with Crippen LogP contribution in [0.15, 0.2) is 18.2 Å². The second-order valence-corrected chi connectivity index (χ2v) is 5.53. The van der Waals surface area contributed by atoms with Crippen LogP contribution in [0.3, 0.4) is 0 Å². The molecule has 1 amide bonds. The molecule has 0 spiro atoms. The minimum Gasteiger partial charge on any atom is -0.397 e. The van der Waals surface area contributed by atoms with Gasteiger partial charge < -0.3 is 15.8 Å². The number of anilines is 2. The van der Waals surface area contributed by atoms with Gasteiger partial charge in [0.05, 0.1) is 17.0 Å². The predicted octanol–water partition coefficient (Wildman–Crippen LogP) is 3.45.